The van der Waals surface area contributed by atoms with Crippen molar-refractivity contribution in [2.24, 2.45) is 0 Å². The van der Waals surface area contributed by atoms with Crippen LogP contribution >= 0.6 is 0 Å². The summed E-state index contributed by atoms with van der Waals surface area (Å²) in [6, 6.07) is 16.5. The van der Waals surface area contributed by atoms with E-state index >= 15 is 0 Å². The minimum Gasteiger partial charge on any atom is -0.0616 e. The Kier molecular flexibility index (Phi) is 2.44. The third-order valence-corrected chi connectivity index (χ3v) is 6.93. The van der Waals surface area contributed by atoms with Crippen LogP contribution in [0, 0.1) is 0 Å². The van der Waals surface area contributed by atoms with E-state index in [1.54, 1.807) is 6.07 Å². The molecule has 0 heteroatoms. The quantitative estimate of drug-likeness (QED) is 0.167. The zero-order valence-corrected chi connectivity index (χ0v) is 18.9. The van der Waals surface area contributed by atoms with Crippen LogP contribution in [0.15, 0.2) is 133 Å². The second kappa shape index (κ2) is 7.41. The Labute approximate surface area is 224 Å². The van der Waals surface area contributed by atoms with Crippen molar-refractivity contribution in [2.75, 3.05) is 0 Å². The second-order valence-corrected chi connectivity index (χ2v) is 8.92. The van der Waals surface area contributed by atoms with E-state index < -0.39 is 66.5 Å². The largest absolute Gasteiger partial charge is 0.0636 e. The summed E-state index contributed by atoms with van der Waals surface area (Å²) in [5.74, 6) is 0. The van der Waals surface area contributed by atoms with Gasteiger partial charge in [-0.3, -0.25) is 0 Å². The molecule has 8 aromatic rings. The molecule has 8 aromatic carbocycles. The average molecular weight is 466 g/mol. The molecule has 36 heavy (non-hydrogen) atoms. The van der Waals surface area contributed by atoms with Gasteiger partial charge in [-0.1, -0.05) is 109 Å². The van der Waals surface area contributed by atoms with Gasteiger partial charge in [0.25, 0.3) is 0 Å². The van der Waals surface area contributed by atoms with Gasteiger partial charge in [0.05, 0.1) is 15.1 Å². The van der Waals surface area contributed by atoms with Crippen molar-refractivity contribution in [1.82, 2.24) is 0 Å². The van der Waals surface area contributed by atoms with Crippen molar-refractivity contribution in [3.8, 4) is 11.1 Å². The van der Waals surface area contributed by atoms with Gasteiger partial charge in [-0.05, 0) is 100 Å². The first-order chi connectivity index (χ1) is 22.4. The van der Waals surface area contributed by atoms with E-state index in [2.05, 4.69) is 24.3 Å². The summed E-state index contributed by atoms with van der Waals surface area (Å²) >= 11 is 0. The molecule has 0 radical (unpaired) electrons. The predicted molar refractivity (Wildman–Crippen MR) is 157 cm³/mol. The number of benzene rings is 8. The number of hydrogen-bond donors (Lipinski definition) is 0. The Hall–Kier alpha value is -4.68. The molecule has 0 aliphatic heterocycles. The van der Waals surface area contributed by atoms with Gasteiger partial charge in [-0.2, -0.15) is 0 Å². The molecule has 0 aromatic heterocycles. The maximum atomic E-state index is 9.29. The molecule has 0 amide bonds. The Morgan fingerprint density at radius 3 is 2.11 bits per heavy atom. The molecule has 0 saturated carbocycles. The standard InChI is InChI=1S/C36H22/c1-4-10-30-23(7-1)13-15-27-19-25-14-16-28(20-29(25)22-34(27)30)36-32-12-6-3-9-26(32)21-35-31-11-5-2-8-24(31)17-18-33(35)36/h1-22H/i2D,3D,5D,6D,8D,9D,11D,12D,17D,18D,21D. The zero-order chi connectivity index (χ0) is 33.2. The molecule has 0 atom stereocenters. The van der Waals surface area contributed by atoms with Gasteiger partial charge in [0.15, 0.2) is 0 Å². The Bertz CT molecular complexity index is 2750. The van der Waals surface area contributed by atoms with Crippen LogP contribution in [0.3, 0.4) is 0 Å². The highest BCUT2D eigenvalue weighted by atomic mass is 14.2. The van der Waals surface area contributed by atoms with E-state index in [1.165, 1.54) is 0 Å². The molecule has 0 heterocycles. The van der Waals surface area contributed by atoms with Gasteiger partial charge in [0, 0.05) is 0 Å². The fraction of sp³-hybridized carbons (Fsp3) is 0. The predicted octanol–water partition coefficient (Wildman–Crippen LogP) is 10.3. The van der Waals surface area contributed by atoms with Crippen LogP contribution in [-0.2, 0) is 0 Å². The minimum absolute atomic E-state index is 0.00664. The smallest absolute Gasteiger partial charge is 0.0616 e. The highest BCUT2D eigenvalue weighted by molar-refractivity contribution is 6.21. The number of hydrogen-bond acceptors (Lipinski definition) is 0. The van der Waals surface area contributed by atoms with Gasteiger partial charge in [0.2, 0.25) is 0 Å². The third-order valence-electron chi connectivity index (χ3n) is 6.93. The Balaban J connectivity index is 1.63. The van der Waals surface area contributed by atoms with Crippen LogP contribution in [0.4, 0.5) is 0 Å². The van der Waals surface area contributed by atoms with Gasteiger partial charge in [0.1, 0.15) is 0 Å². The fourth-order valence-corrected chi connectivity index (χ4v) is 5.26. The van der Waals surface area contributed by atoms with Crippen molar-refractivity contribution in [2.45, 2.75) is 0 Å². The first kappa shape index (κ1) is 11.8. The van der Waals surface area contributed by atoms with Gasteiger partial charge < -0.3 is 0 Å². The van der Waals surface area contributed by atoms with Crippen LogP contribution in [0.1, 0.15) is 15.1 Å². The SMILES string of the molecule is [2H]c1c([2H])c([2H])c2c([2H])c3c(c([2H])c([2H])c4c([2H])c([2H])c([2H])c([2H])c43)c(-c3ccc4cc5ccc6ccccc6c5cc4c3)c2c1[2H]. The first-order valence-corrected chi connectivity index (χ1v) is 11.6. The summed E-state index contributed by atoms with van der Waals surface area (Å²) < 4.78 is 96.1. The summed E-state index contributed by atoms with van der Waals surface area (Å²) in [4.78, 5) is 0. The van der Waals surface area contributed by atoms with E-state index in [0.717, 1.165) is 32.3 Å². The van der Waals surface area contributed by atoms with Crippen molar-refractivity contribution in [1.29, 1.82) is 0 Å². The molecule has 0 aliphatic rings. The molecule has 0 aliphatic carbocycles. The molecular weight excluding hydrogens is 432 g/mol. The molecule has 0 saturated heterocycles. The molecule has 0 fully saturated rings. The van der Waals surface area contributed by atoms with E-state index in [1.807, 2.05) is 36.4 Å². The van der Waals surface area contributed by atoms with Crippen LogP contribution in [0.5, 0.6) is 0 Å². The number of rotatable bonds is 1. The van der Waals surface area contributed by atoms with Crippen LogP contribution < -0.4 is 0 Å². The number of fused-ring (bicyclic) bond motifs is 8. The van der Waals surface area contributed by atoms with Gasteiger partial charge in [-0.15, -0.1) is 0 Å². The molecule has 0 spiro atoms. The Morgan fingerprint density at radius 1 is 0.389 bits per heavy atom. The van der Waals surface area contributed by atoms with Crippen LogP contribution in [-0.4, -0.2) is 0 Å². The van der Waals surface area contributed by atoms with Crippen LogP contribution in [0.2, 0.25) is 0 Å². The van der Waals surface area contributed by atoms with Crippen molar-refractivity contribution in [3.05, 3.63) is 133 Å². The molecule has 8 rings (SSSR count). The summed E-state index contributed by atoms with van der Waals surface area (Å²) in [6.07, 6.45) is 0. The minimum atomic E-state index is -0.571. The van der Waals surface area contributed by atoms with Crippen molar-refractivity contribution >= 4 is 64.6 Å². The molecule has 166 valence electrons. The summed E-state index contributed by atoms with van der Waals surface area (Å²) in [5.41, 5.74) is 0.677. The van der Waals surface area contributed by atoms with Gasteiger partial charge in [-0.25, -0.2) is 0 Å². The second-order valence-electron chi connectivity index (χ2n) is 8.92. The van der Waals surface area contributed by atoms with Crippen LogP contribution in [0.25, 0.3) is 75.8 Å². The van der Waals surface area contributed by atoms with E-state index in [0.29, 0.717) is 5.56 Å². The molecular formula is C36H22. The molecule has 0 bridgehead atoms. The first-order valence-electron chi connectivity index (χ1n) is 17.1. The van der Waals surface area contributed by atoms with Crippen molar-refractivity contribution < 1.29 is 15.1 Å². The molecule has 0 nitrogen and oxygen atoms in total. The summed E-state index contributed by atoms with van der Waals surface area (Å²) in [6.45, 7) is 0. The Morgan fingerprint density at radius 2 is 1.17 bits per heavy atom. The maximum absolute atomic E-state index is 9.29. The van der Waals surface area contributed by atoms with E-state index in [9.17, 15) is 2.74 Å². The fourth-order valence-electron chi connectivity index (χ4n) is 5.26. The molecule has 0 N–H and O–H groups in total. The van der Waals surface area contributed by atoms with Gasteiger partial charge >= 0.3 is 0 Å². The topological polar surface area (TPSA) is 0 Å². The van der Waals surface area contributed by atoms with E-state index in [-0.39, 0.29) is 37.9 Å². The lowest BCUT2D eigenvalue weighted by Crippen LogP contribution is -1.88. The zero-order valence-electron chi connectivity index (χ0n) is 29.9. The highest BCUT2D eigenvalue weighted by Gasteiger charge is 2.13. The lowest BCUT2D eigenvalue weighted by atomic mass is 9.88. The normalized spacial score (nSPS) is 16.2. The monoisotopic (exact) mass is 465 g/mol. The summed E-state index contributed by atoms with van der Waals surface area (Å²) in [7, 11) is 0. The summed E-state index contributed by atoms with van der Waals surface area (Å²) in [5, 5.41) is 5.41. The van der Waals surface area contributed by atoms with Crippen molar-refractivity contribution in [3.63, 3.8) is 0 Å². The average Bonchev–Trinajstić information content (AvgIpc) is 3.08. The lowest BCUT2D eigenvalue weighted by Gasteiger charge is -2.15. The molecule has 0 unspecified atom stereocenters. The maximum Gasteiger partial charge on any atom is 0.0636 e. The highest BCUT2D eigenvalue weighted by Crippen LogP contribution is 2.40. The van der Waals surface area contributed by atoms with E-state index in [4.69, 9.17) is 12.3 Å². The lowest BCUT2D eigenvalue weighted by molar-refractivity contribution is 1.72. The third kappa shape index (κ3) is 2.82.